The zero-order valence-electron chi connectivity index (χ0n) is 13.9. The van der Waals surface area contributed by atoms with Crippen molar-refractivity contribution in [1.82, 2.24) is 0 Å². The van der Waals surface area contributed by atoms with E-state index in [0.717, 1.165) is 11.3 Å². The second-order valence-electron chi connectivity index (χ2n) is 5.58. The van der Waals surface area contributed by atoms with Gasteiger partial charge in [-0.15, -0.1) is 0 Å². The summed E-state index contributed by atoms with van der Waals surface area (Å²) in [4.78, 5) is 14.0. The van der Waals surface area contributed by atoms with E-state index in [1.165, 1.54) is 6.92 Å². The maximum atomic E-state index is 12.3. The Kier molecular flexibility index (Phi) is 5.36. The van der Waals surface area contributed by atoms with Crippen molar-refractivity contribution >= 4 is 23.2 Å². The summed E-state index contributed by atoms with van der Waals surface area (Å²) in [5, 5.41) is 0.634. The van der Waals surface area contributed by atoms with Gasteiger partial charge in [0.05, 0.1) is 12.2 Å². The molecule has 3 rings (SSSR count). The first-order valence-electron chi connectivity index (χ1n) is 7.98. The fourth-order valence-electron chi connectivity index (χ4n) is 2.55. The first-order valence-corrected chi connectivity index (χ1v) is 8.36. The van der Waals surface area contributed by atoms with Crippen molar-refractivity contribution in [3.63, 3.8) is 0 Å². The van der Waals surface area contributed by atoms with Gasteiger partial charge in [-0.25, -0.2) is 0 Å². The van der Waals surface area contributed by atoms with Crippen molar-refractivity contribution in [2.45, 2.75) is 13.5 Å². The van der Waals surface area contributed by atoms with E-state index in [4.69, 9.17) is 16.3 Å². The van der Waals surface area contributed by atoms with Gasteiger partial charge in [-0.05, 0) is 35.9 Å². The van der Waals surface area contributed by atoms with E-state index in [1.54, 1.807) is 4.90 Å². The number of benzene rings is 3. The van der Waals surface area contributed by atoms with Gasteiger partial charge in [-0.1, -0.05) is 60.1 Å². The van der Waals surface area contributed by atoms with Gasteiger partial charge < -0.3 is 9.64 Å². The van der Waals surface area contributed by atoms with E-state index in [9.17, 15) is 4.79 Å². The predicted molar refractivity (Wildman–Crippen MR) is 101 cm³/mol. The molecule has 0 aliphatic rings. The summed E-state index contributed by atoms with van der Waals surface area (Å²) in [5.74, 6) is 1.26. The summed E-state index contributed by atoms with van der Waals surface area (Å²) in [6.45, 7) is 1.92. The van der Waals surface area contributed by atoms with E-state index in [2.05, 4.69) is 0 Å². The summed E-state index contributed by atoms with van der Waals surface area (Å²) < 4.78 is 5.98. The van der Waals surface area contributed by atoms with E-state index in [-0.39, 0.29) is 5.91 Å². The van der Waals surface area contributed by atoms with E-state index < -0.39 is 0 Å². The highest BCUT2D eigenvalue weighted by molar-refractivity contribution is 6.31. The lowest BCUT2D eigenvalue weighted by Crippen LogP contribution is -2.28. The summed E-state index contributed by atoms with van der Waals surface area (Å²) in [6, 6.07) is 24.5. The van der Waals surface area contributed by atoms with Crippen LogP contribution in [0.1, 0.15) is 12.5 Å². The zero-order valence-corrected chi connectivity index (χ0v) is 14.6. The molecule has 3 nitrogen and oxygen atoms in total. The maximum Gasteiger partial charge on any atom is 0.224 e. The lowest BCUT2D eigenvalue weighted by molar-refractivity contribution is -0.116. The average Bonchev–Trinajstić information content (AvgIpc) is 2.62. The first-order chi connectivity index (χ1) is 12.1. The molecule has 0 radical (unpaired) electrons. The Labute approximate surface area is 152 Å². The molecule has 0 N–H and O–H groups in total. The zero-order chi connectivity index (χ0) is 17.6. The van der Waals surface area contributed by atoms with E-state index in [1.807, 2.05) is 78.9 Å². The quantitative estimate of drug-likeness (QED) is 0.591. The van der Waals surface area contributed by atoms with Crippen molar-refractivity contribution in [3.05, 3.63) is 89.4 Å². The van der Waals surface area contributed by atoms with Gasteiger partial charge in [0.1, 0.15) is 5.75 Å². The van der Waals surface area contributed by atoms with Crippen LogP contribution >= 0.6 is 11.6 Å². The standard InChI is InChI=1S/C21H18ClNO2/c1-16(24)23(15-17-9-5-6-12-19(17)22)20-13-7-8-14-21(20)25-18-10-3-2-4-11-18/h2-14H,15H2,1H3. The number of amides is 1. The van der Waals surface area contributed by atoms with Crippen LogP contribution in [0.25, 0.3) is 0 Å². The van der Waals surface area contributed by atoms with E-state index in [0.29, 0.717) is 23.0 Å². The second-order valence-corrected chi connectivity index (χ2v) is 5.99. The van der Waals surface area contributed by atoms with Gasteiger partial charge in [0.25, 0.3) is 0 Å². The largest absolute Gasteiger partial charge is 0.455 e. The summed E-state index contributed by atoms with van der Waals surface area (Å²) in [5.41, 5.74) is 1.59. The van der Waals surface area contributed by atoms with Crippen LogP contribution in [0, 0.1) is 0 Å². The van der Waals surface area contributed by atoms with Gasteiger partial charge in [0.2, 0.25) is 5.91 Å². The number of carbonyl (C=O) groups excluding carboxylic acids is 1. The predicted octanol–water partition coefficient (Wildman–Crippen LogP) is 5.69. The molecule has 0 fully saturated rings. The molecule has 4 heteroatoms. The maximum absolute atomic E-state index is 12.3. The molecule has 0 bridgehead atoms. The fourth-order valence-corrected chi connectivity index (χ4v) is 2.74. The molecule has 0 heterocycles. The Morgan fingerprint density at radius 1 is 0.920 bits per heavy atom. The van der Waals surface area contributed by atoms with Crippen molar-refractivity contribution in [3.8, 4) is 11.5 Å². The Hall–Kier alpha value is -2.78. The summed E-state index contributed by atoms with van der Waals surface area (Å²) in [7, 11) is 0. The van der Waals surface area contributed by atoms with Crippen LogP contribution in [0.4, 0.5) is 5.69 Å². The molecule has 0 spiro atoms. The van der Waals surface area contributed by atoms with Crippen LogP contribution in [0.3, 0.4) is 0 Å². The third-order valence-electron chi connectivity index (χ3n) is 3.79. The van der Waals surface area contributed by atoms with E-state index >= 15 is 0 Å². The molecule has 3 aromatic rings. The minimum atomic E-state index is -0.0796. The van der Waals surface area contributed by atoms with Crippen molar-refractivity contribution in [1.29, 1.82) is 0 Å². The lowest BCUT2D eigenvalue weighted by Gasteiger charge is -2.24. The molecule has 0 saturated carbocycles. The van der Waals surface area contributed by atoms with Crippen LogP contribution in [0.2, 0.25) is 5.02 Å². The molecule has 0 atom stereocenters. The van der Waals surface area contributed by atoms with Crippen LogP contribution in [-0.2, 0) is 11.3 Å². The molecule has 0 saturated heterocycles. The molecular weight excluding hydrogens is 334 g/mol. The minimum absolute atomic E-state index is 0.0796. The van der Waals surface area contributed by atoms with Gasteiger partial charge >= 0.3 is 0 Å². The number of halogens is 1. The summed E-state index contributed by atoms with van der Waals surface area (Å²) in [6.07, 6.45) is 0. The Morgan fingerprint density at radius 2 is 1.56 bits per heavy atom. The van der Waals surface area contributed by atoms with Gasteiger partial charge in [-0.3, -0.25) is 4.79 Å². The molecule has 0 aliphatic carbocycles. The Morgan fingerprint density at radius 3 is 2.28 bits per heavy atom. The van der Waals surface area contributed by atoms with Crippen molar-refractivity contribution in [2.75, 3.05) is 4.90 Å². The number of anilines is 1. The fraction of sp³-hybridized carbons (Fsp3) is 0.0952. The third-order valence-corrected chi connectivity index (χ3v) is 4.16. The number of hydrogen-bond donors (Lipinski definition) is 0. The highest BCUT2D eigenvalue weighted by atomic mass is 35.5. The Balaban J connectivity index is 1.94. The SMILES string of the molecule is CC(=O)N(Cc1ccccc1Cl)c1ccccc1Oc1ccccc1. The number of hydrogen-bond acceptors (Lipinski definition) is 2. The summed E-state index contributed by atoms with van der Waals surface area (Å²) >= 11 is 6.26. The number of rotatable bonds is 5. The normalized spacial score (nSPS) is 10.3. The molecule has 0 unspecified atom stereocenters. The van der Waals surface area contributed by atoms with Crippen LogP contribution in [0.15, 0.2) is 78.9 Å². The molecule has 3 aromatic carbocycles. The highest BCUT2D eigenvalue weighted by Crippen LogP contribution is 2.33. The number of nitrogens with zero attached hydrogens (tertiary/aromatic N) is 1. The molecular formula is C21H18ClNO2. The molecule has 0 aliphatic heterocycles. The molecule has 25 heavy (non-hydrogen) atoms. The average molecular weight is 352 g/mol. The Bertz CT molecular complexity index is 865. The van der Waals surface area contributed by atoms with Crippen LogP contribution < -0.4 is 9.64 Å². The van der Waals surface area contributed by atoms with Crippen molar-refractivity contribution < 1.29 is 9.53 Å². The van der Waals surface area contributed by atoms with Crippen LogP contribution in [-0.4, -0.2) is 5.91 Å². The van der Waals surface area contributed by atoms with Crippen molar-refractivity contribution in [2.24, 2.45) is 0 Å². The molecule has 0 aromatic heterocycles. The van der Waals surface area contributed by atoms with Crippen LogP contribution in [0.5, 0.6) is 11.5 Å². The smallest absolute Gasteiger partial charge is 0.224 e. The van der Waals surface area contributed by atoms with Gasteiger partial charge in [-0.2, -0.15) is 0 Å². The number of para-hydroxylation sites is 3. The first kappa shape index (κ1) is 17.1. The topological polar surface area (TPSA) is 29.5 Å². The van der Waals surface area contributed by atoms with Gasteiger partial charge in [0.15, 0.2) is 5.75 Å². The minimum Gasteiger partial charge on any atom is -0.455 e. The monoisotopic (exact) mass is 351 g/mol. The molecule has 1 amide bonds. The number of ether oxygens (including phenoxy) is 1. The lowest BCUT2D eigenvalue weighted by atomic mass is 10.2. The van der Waals surface area contributed by atoms with Gasteiger partial charge in [0, 0.05) is 11.9 Å². The second kappa shape index (κ2) is 7.86. The highest BCUT2D eigenvalue weighted by Gasteiger charge is 2.18. The molecule has 126 valence electrons. The number of carbonyl (C=O) groups is 1. The third kappa shape index (κ3) is 4.20.